The summed E-state index contributed by atoms with van der Waals surface area (Å²) in [5.41, 5.74) is 3.30. The summed E-state index contributed by atoms with van der Waals surface area (Å²) in [7, 11) is 0. The standard InChI is InChI=1S/C30H42O2/c1-3-5-7-8-9-11-25-12-16-26(17-13-25)27-18-20-28(21-19-27)30(31)32-29-22-14-24(15-23-29)10-6-4-2/h14-15,18-23,25-26H,3-13,16-17H2,1-2H3. The molecule has 2 aromatic carbocycles. The number of ether oxygens (including phenoxy) is 1. The molecular formula is C30H42O2. The van der Waals surface area contributed by atoms with Crippen LogP contribution < -0.4 is 4.74 Å². The molecule has 0 heterocycles. The second-order valence-electron chi connectivity index (χ2n) is 9.68. The van der Waals surface area contributed by atoms with Crippen molar-refractivity contribution >= 4 is 5.97 Å². The minimum Gasteiger partial charge on any atom is -0.423 e. The molecule has 0 amide bonds. The SMILES string of the molecule is CCCCCCCC1CCC(c2ccc(C(=O)Oc3ccc(CCCC)cc3)cc2)CC1. The quantitative estimate of drug-likeness (QED) is 0.189. The van der Waals surface area contributed by atoms with Crippen LogP contribution in [0.4, 0.5) is 0 Å². The van der Waals surface area contributed by atoms with Gasteiger partial charge in [-0.05, 0) is 85.8 Å². The molecule has 32 heavy (non-hydrogen) atoms. The van der Waals surface area contributed by atoms with Crippen molar-refractivity contribution in [2.24, 2.45) is 5.92 Å². The average Bonchev–Trinajstić information content (AvgIpc) is 2.84. The summed E-state index contributed by atoms with van der Waals surface area (Å²) in [4.78, 5) is 12.5. The Kier molecular flexibility index (Phi) is 10.3. The zero-order valence-electron chi connectivity index (χ0n) is 20.3. The topological polar surface area (TPSA) is 26.3 Å². The molecule has 0 saturated heterocycles. The summed E-state index contributed by atoms with van der Waals surface area (Å²) in [6, 6.07) is 16.1. The van der Waals surface area contributed by atoms with E-state index in [4.69, 9.17) is 4.74 Å². The van der Waals surface area contributed by atoms with E-state index in [0.717, 1.165) is 12.3 Å². The Morgan fingerprint density at radius 2 is 1.44 bits per heavy atom. The number of hydrogen-bond donors (Lipinski definition) is 0. The molecule has 0 spiro atoms. The van der Waals surface area contributed by atoms with Gasteiger partial charge in [0.05, 0.1) is 5.56 Å². The molecule has 0 aliphatic heterocycles. The number of carbonyl (C=O) groups excluding carboxylic acids is 1. The molecule has 3 rings (SSSR count). The van der Waals surface area contributed by atoms with Gasteiger partial charge in [-0.25, -0.2) is 4.79 Å². The van der Waals surface area contributed by atoms with Crippen molar-refractivity contribution < 1.29 is 9.53 Å². The third-order valence-corrected chi connectivity index (χ3v) is 7.13. The van der Waals surface area contributed by atoms with Gasteiger partial charge in [-0.3, -0.25) is 0 Å². The summed E-state index contributed by atoms with van der Waals surface area (Å²) in [5, 5.41) is 0. The minimum absolute atomic E-state index is 0.273. The Morgan fingerprint density at radius 3 is 2.09 bits per heavy atom. The van der Waals surface area contributed by atoms with Gasteiger partial charge in [0.1, 0.15) is 5.75 Å². The number of carbonyl (C=O) groups is 1. The zero-order valence-corrected chi connectivity index (χ0v) is 20.3. The van der Waals surface area contributed by atoms with E-state index >= 15 is 0 Å². The fraction of sp³-hybridized carbons (Fsp3) is 0.567. The fourth-order valence-corrected chi connectivity index (χ4v) is 4.98. The van der Waals surface area contributed by atoms with Gasteiger partial charge < -0.3 is 4.74 Å². The van der Waals surface area contributed by atoms with Gasteiger partial charge in [0, 0.05) is 0 Å². The predicted octanol–water partition coefficient (Wildman–Crippen LogP) is 8.88. The van der Waals surface area contributed by atoms with Crippen molar-refractivity contribution in [2.45, 2.75) is 103 Å². The Balaban J connectivity index is 1.43. The smallest absolute Gasteiger partial charge is 0.343 e. The van der Waals surface area contributed by atoms with Crippen molar-refractivity contribution in [3.05, 3.63) is 65.2 Å². The van der Waals surface area contributed by atoms with E-state index < -0.39 is 0 Å². The molecule has 1 aliphatic carbocycles. The Bertz CT molecular complexity index is 783. The lowest BCUT2D eigenvalue weighted by Crippen LogP contribution is -2.14. The van der Waals surface area contributed by atoms with Crippen LogP contribution in [0.15, 0.2) is 48.5 Å². The molecular weight excluding hydrogens is 392 g/mol. The van der Waals surface area contributed by atoms with Crippen LogP contribution in [0, 0.1) is 5.92 Å². The first-order chi connectivity index (χ1) is 15.7. The molecule has 0 bridgehead atoms. The summed E-state index contributed by atoms with van der Waals surface area (Å²) < 4.78 is 5.58. The molecule has 0 unspecified atom stereocenters. The highest BCUT2D eigenvalue weighted by Gasteiger charge is 2.22. The van der Waals surface area contributed by atoms with Crippen molar-refractivity contribution in [1.29, 1.82) is 0 Å². The highest BCUT2D eigenvalue weighted by atomic mass is 16.5. The van der Waals surface area contributed by atoms with Crippen molar-refractivity contribution in [3.8, 4) is 5.75 Å². The summed E-state index contributed by atoms with van der Waals surface area (Å²) >= 11 is 0. The van der Waals surface area contributed by atoms with Crippen molar-refractivity contribution in [1.82, 2.24) is 0 Å². The Hall–Kier alpha value is -2.09. The monoisotopic (exact) mass is 434 g/mol. The van der Waals surface area contributed by atoms with E-state index in [9.17, 15) is 4.79 Å². The van der Waals surface area contributed by atoms with Crippen LogP contribution in [0.3, 0.4) is 0 Å². The Labute approximate surface area is 195 Å². The van der Waals surface area contributed by atoms with E-state index in [1.807, 2.05) is 24.3 Å². The molecule has 1 saturated carbocycles. The van der Waals surface area contributed by atoms with Gasteiger partial charge in [-0.1, -0.05) is 83.1 Å². The molecule has 1 aliphatic rings. The first-order valence-corrected chi connectivity index (χ1v) is 13.1. The lowest BCUT2D eigenvalue weighted by atomic mass is 9.77. The van der Waals surface area contributed by atoms with Crippen LogP contribution in [-0.2, 0) is 6.42 Å². The second-order valence-corrected chi connectivity index (χ2v) is 9.68. The highest BCUT2D eigenvalue weighted by Crippen LogP contribution is 2.37. The van der Waals surface area contributed by atoms with Gasteiger partial charge in [0.2, 0.25) is 0 Å². The van der Waals surface area contributed by atoms with Gasteiger partial charge in [-0.2, -0.15) is 0 Å². The number of benzene rings is 2. The van der Waals surface area contributed by atoms with Crippen LogP contribution in [0.2, 0.25) is 0 Å². The van der Waals surface area contributed by atoms with Crippen LogP contribution in [0.25, 0.3) is 0 Å². The number of aryl methyl sites for hydroxylation is 1. The molecule has 0 N–H and O–H groups in total. The normalized spacial score (nSPS) is 18.4. The molecule has 0 aromatic heterocycles. The summed E-state index contributed by atoms with van der Waals surface area (Å²) in [6.45, 7) is 4.48. The number of esters is 1. The third-order valence-electron chi connectivity index (χ3n) is 7.13. The highest BCUT2D eigenvalue weighted by molar-refractivity contribution is 5.91. The van der Waals surface area contributed by atoms with Crippen LogP contribution in [0.1, 0.15) is 118 Å². The van der Waals surface area contributed by atoms with Crippen LogP contribution >= 0.6 is 0 Å². The summed E-state index contributed by atoms with van der Waals surface area (Å²) in [5.74, 6) is 1.92. The van der Waals surface area contributed by atoms with E-state index in [1.54, 1.807) is 0 Å². The van der Waals surface area contributed by atoms with Crippen LogP contribution in [-0.4, -0.2) is 5.97 Å². The van der Waals surface area contributed by atoms with Crippen LogP contribution in [0.5, 0.6) is 5.75 Å². The van der Waals surface area contributed by atoms with Crippen molar-refractivity contribution in [2.75, 3.05) is 0 Å². The van der Waals surface area contributed by atoms with E-state index in [1.165, 1.54) is 88.2 Å². The maximum absolute atomic E-state index is 12.5. The Morgan fingerprint density at radius 1 is 0.781 bits per heavy atom. The van der Waals surface area contributed by atoms with Gasteiger partial charge in [0.25, 0.3) is 0 Å². The first kappa shape index (κ1) is 24.6. The average molecular weight is 435 g/mol. The van der Waals surface area contributed by atoms with E-state index in [-0.39, 0.29) is 5.97 Å². The maximum atomic E-state index is 12.5. The lowest BCUT2D eigenvalue weighted by molar-refractivity contribution is 0.0734. The molecule has 2 aromatic rings. The third kappa shape index (κ3) is 7.80. The predicted molar refractivity (Wildman–Crippen MR) is 135 cm³/mol. The molecule has 2 nitrogen and oxygen atoms in total. The molecule has 0 atom stereocenters. The summed E-state index contributed by atoms with van der Waals surface area (Å²) in [6.07, 6.45) is 17.1. The van der Waals surface area contributed by atoms with Gasteiger partial charge >= 0.3 is 5.97 Å². The number of unbranched alkanes of at least 4 members (excludes halogenated alkanes) is 5. The maximum Gasteiger partial charge on any atom is 0.343 e. The largest absolute Gasteiger partial charge is 0.423 e. The van der Waals surface area contributed by atoms with Gasteiger partial charge in [0.15, 0.2) is 0 Å². The molecule has 1 fully saturated rings. The number of rotatable bonds is 12. The van der Waals surface area contributed by atoms with E-state index in [0.29, 0.717) is 17.2 Å². The minimum atomic E-state index is -0.273. The number of hydrogen-bond acceptors (Lipinski definition) is 2. The lowest BCUT2D eigenvalue weighted by Gasteiger charge is -2.29. The molecule has 0 radical (unpaired) electrons. The first-order valence-electron chi connectivity index (χ1n) is 13.1. The van der Waals surface area contributed by atoms with Crippen molar-refractivity contribution in [3.63, 3.8) is 0 Å². The molecule has 174 valence electrons. The van der Waals surface area contributed by atoms with Gasteiger partial charge in [-0.15, -0.1) is 0 Å². The fourth-order valence-electron chi connectivity index (χ4n) is 4.98. The molecule has 2 heteroatoms. The van der Waals surface area contributed by atoms with E-state index in [2.05, 4.69) is 38.1 Å². The second kappa shape index (κ2) is 13.5. The zero-order chi connectivity index (χ0) is 22.6.